The van der Waals surface area contributed by atoms with E-state index in [1.807, 2.05) is 49.4 Å². The number of aliphatic hydroxyl groups excluding tert-OH is 1. The predicted molar refractivity (Wildman–Crippen MR) is 122 cm³/mol. The molecule has 1 saturated heterocycles. The van der Waals surface area contributed by atoms with E-state index in [4.69, 9.17) is 9.84 Å². The summed E-state index contributed by atoms with van der Waals surface area (Å²) in [5.74, 6) is -0.178. The first-order valence-electron chi connectivity index (χ1n) is 10.9. The van der Waals surface area contributed by atoms with Crippen molar-refractivity contribution in [2.24, 2.45) is 0 Å². The number of cyclic esters (lactones) is 1. The fraction of sp³-hybridized carbons (Fsp3) is 0.308. The first kappa shape index (κ1) is 23.4. The molecule has 2 atom stereocenters. The van der Waals surface area contributed by atoms with E-state index in [9.17, 15) is 9.18 Å². The van der Waals surface area contributed by atoms with E-state index in [-0.39, 0.29) is 30.7 Å². The number of amides is 1. The Labute approximate surface area is 188 Å². The lowest BCUT2D eigenvalue weighted by molar-refractivity contribution is 0.00760. The first-order valence-corrected chi connectivity index (χ1v) is 10.9. The van der Waals surface area contributed by atoms with Crippen LogP contribution in [0.2, 0.25) is 0 Å². The van der Waals surface area contributed by atoms with Crippen LogP contribution in [0.15, 0.2) is 79.0 Å². The molecule has 1 aromatic heterocycles. The van der Waals surface area contributed by atoms with Crippen LogP contribution in [0.25, 0.3) is 11.3 Å². The van der Waals surface area contributed by atoms with Crippen molar-refractivity contribution in [3.8, 4) is 11.3 Å². The molecule has 32 heavy (non-hydrogen) atoms. The van der Waals surface area contributed by atoms with Gasteiger partial charge < -0.3 is 14.7 Å². The van der Waals surface area contributed by atoms with Gasteiger partial charge in [-0.1, -0.05) is 48.5 Å². The van der Waals surface area contributed by atoms with Crippen molar-refractivity contribution in [1.82, 2.24) is 9.88 Å². The molecule has 1 N–H and O–H groups in total. The fourth-order valence-corrected chi connectivity index (χ4v) is 3.58. The Morgan fingerprint density at radius 2 is 1.81 bits per heavy atom. The SMILES string of the molecule is CC(c1ccc(-c2ccccn2)cc1)N1CCC(CCCO)OC1=O.Fc1ccccc1. The molecule has 2 unspecified atom stereocenters. The van der Waals surface area contributed by atoms with Gasteiger partial charge in [0.2, 0.25) is 0 Å². The highest BCUT2D eigenvalue weighted by Crippen LogP contribution is 2.28. The maximum Gasteiger partial charge on any atom is 0.410 e. The quantitative estimate of drug-likeness (QED) is 0.545. The average molecular weight is 437 g/mol. The van der Waals surface area contributed by atoms with Crippen molar-refractivity contribution >= 4 is 6.09 Å². The monoisotopic (exact) mass is 436 g/mol. The van der Waals surface area contributed by atoms with Crippen LogP contribution in [0, 0.1) is 5.82 Å². The zero-order chi connectivity index (χ0) is 22.8. The lowest BCUT2D eigenvalue weighted by atomic mass is 10.0. The number of aromatic nitrogens is 1. The third-order valence-electron chi connectivity index (χ3n) is 5.43. The van der Waals surface area contributed by atoms with Crippen molar-refractivity contribution in [3.05, 3.63) is 90.4 Å². The molecule has 1 aliphatic rings. The molecule has 0 bridgehead atoms. The number of carbonyl (C=O) groups excluding carboxylic acids is 1. The number of benzene rings is 2. The van der Waals surface area contributed by atoms with Gasteiger partial charge in [0.25, 0.3) is 0 Å². The summed E-state index contributed by atoms with van der Waals surface area (Å²) >= 11 is 0. The molecule has 1 fully saturated rings. The minimum absolute atomic E-state index is 0.0379. The molecule has 2 heterocycles. The van der Waals surface area contributed by atoms with Gasteiger partial charge in [-0.3, -0.25) is 4.98 Å². The number of carbonyl (C=O) groups is 1. The van der Waals surface area contributed by atoms with Crippen molar-refractivity contribution in [3.63, 3.8) is 0 Å². The highest BCUT2D eigenvalue weighted by Gasteiger charge is 2.30. The lowest BCUT2D eigenvalue weighted by Crippen LogP contribution is -2.43. The average Bonchev–Trinajstić information content (AvgIpc) is 2.84. The molecule has 168 valence electrons. The zero-order valence-electron chi connectivity index (χ0n) is 18.2. The number of hydrogen-bond acceptors (Lipinski definition) is 4. The molecule has 1 amide bonds. The number of nitrogens with zero attached hydrogens (tertiary/aromatic N) is 2. The largest absolute Gasteiger partial charge is 0.446 e. The minimum atomic E-state index is -0.268. The van der Waals surface area contributed by atoms with Gasteiger partial charge in [-0.15, -0.1) is 0 Å². The van der Waals surface area contributed by atoms with E-state index < -0.39 is 0 Å². The third kappa shape index (κ3) is 6.62. The molecule has 2 aromatic carbocycles. The number of rotatable bonds is 6. The van der Waals surface area contributed by atoms with Crippen molar-refractivity contribution in [2.75, 3.05) is 13.2 Å². The van der Waals surface area contributed by atoms with Crippen molar-refractivity contribution in [1.29, 1.82) is 0 Å². The topological polar surface area (TPSA) is 62.7 Å². The van der Waals surface area contributed by atoms with Crippen LogP contribution in [0.4, 0.5) is 9.18 Å². The molecule has 4 rings (SSSR count). The Morgan fingerprint density at radius 3 is 2.38 bits per heavy atom. The van der Waals surface area contributed by atoms with E-state index >= 15 is 0 Å². The molecule has 5 nitrogen and oxygen atoms in total. The molecule has 1 aliphatic heterocycles. The summed E-state index contributed by atoms with van der Waals surface area (Å²) in [5.41, 5.74) is 3.07. The summed E-state index contributed by atoms with van der Waals surface area (Å²) in [6, 6.07) is 21.9. The zero-order valence-corrected chi connectivity index (χ0v) is 18.2. The van der Waals surface area contributed by atoms with Gasteiger partial charge in [-0.25, -0.2) is 9.18 Å². The number of aliphatic hydroxyl groups is 1. The summed E-state index contributed by atoms with van der Waals surface area (Å²) < 4.78 is 17.4. The normalized spacial score (nSPS) is 16.5. The molecule has 0 spiro atoms. The van der Waals surface area contributed by atoms with Crippen LogP contribution in [0.3, 0.4) is 0 Å². The van der Waals surface area contributed by atoms with Gasteiger partial charge in [0.1, 0.15) is 11.9 Å². The second-order valence-corrected chi connectivity index (χ2v) is 7.66. The molecular formula is C26H29FN2O3. The molecule has 3 aromatic rings. The standard InChI is InChI=1S/C20H24N2O3.C6H5F/c1-15(22-13-11-18(5-4-14-23)25-20(22)24)16-7-9-17(10-8-16)19-6-2-3-12-21-19;7-6-4-2-1-3-5-6/h2-3,6-10,12,15,18,23H,4-5,11,13-14H2,1H3;1-5H. The summed E-state index contributed by atoms with van der Waals surface area (Å²) in [7, 11) is 0. The van der Waals surface area contributed by atoms with E-state index in [1.165, 1.54) is 12.1 Å². The molecular weight excluding hydrogens is 407 g/mol. The number of hydrogen-bond donors (Lipinski definition) is 1. The summed E-state index contributed by atoms with van der Waals surface area (Å²) in [5, 5.41) is 8.90. The van der Waals surface area contributed by atoms with Gasteiger partial charge in [0.05, 0.1) is 11.7 Å². The van der Waals surface area contributed by atoms with Crippen molar-refractivity contribution in [2.45, 2.75) is 38.3 Å². The van der Waals surface area contributed by atoms with E-state index in [2.05, 4.69) is 4.98 Å². The Kier molecular flexibility index (Phi) is 8.75. The van der Waals surface area contributed by atoms with Crippen LogP contribution in [-0.4, -0.2) is 40.3 Å². The summed E-state index contributed by atoms with van der Waals surface area (Å²) in [6.45, 7) is 2.83. The number of pyridine rings is 1. The Bertz CT molecular complexity index is 952. The van der Waals surface area contributed by atoms with Gasteiger partial charge in [-0.05, 0) is 49.6 Å². The van der Waals surface area contributed by atoms with E-state index in [0.717, 1.165) is 29.7 Å². The van der Waals surface area contributed by atoms with Gasteiger partial charge in [0.15, 0.2) is 0 Å². The second-order valence-electron chi connectivity index (χ2n) is 7.66. The summed E-state index contributed by atoms with van der Waals surface area (Å²) in [4.78, 5) is 18.4. The van der Waals surface area contributed by atoms with E-state index in [0.29, 0.717) is 13.0 Å². The van der Waals surface area contributed by atoms with Crippen LogP contribution < -0.4 is 0 Å². The fourth-order valence-electron chi connectivity index (χ4n) is 3.58. The van der Waals surface area contributed by atoms with Gasteiger partial charge in [0, 0.05) is 31.3 Å². The number of halogens is 1. The lowest BCUT2D eigenvalue weighted by Gasteiger charge is -2.35. The Morgan fingerprint density at radius 1 is 1.09 bits per heavy atom. The van der Waals surface area contributed by atoms with Crippen molar-refractivity contribution < 1.29 is 19.0 Å². The third-order valence-corrected chi connectivity index (χ3v) is 5.43. The molecule has 0 radical (unpaired) electrons. The molecule has 0 aliphatic carbocycles. The van der Waals surface area contributed by atoms with E-state index in [1.54, 1.807) is 29.3 Å². The van der Waals surface area contributed by atoms with Crippen LogP contribution in [-0.2, 0) is 4.74 Å². The van der Waals surface area contributed by atoms with Crippen LogP contribution >= 0.6 is 0 Å². The Balaban J connectivity index is 0.000000352. The number of ether oxygens (including phenoxy) is 1. The smallest absolute Gasteiger partial charge is 0.410 e. The molecule has 6 heteroatoms. The maximum absolute atomic E-state index is 12.3. The summed E-state index contributed by atoms with van der Waals surface area (Å²) in [6.07, 6.45) is 3.64. The first-order chi connectivity index (χ1) is 15.6. The second kappa shape index (κ2) is 12.0. The van der Waals surface area contributed by atoms with Crippen LogP contribution in [0.5, 0.6) is 0 Å². The minimum Gasteiger partial charge on any atom is -0.446 e. The van der Waals surface area contributed by atoms with Gasteiger partial charge in [-0.2, -0.15) is 0 Å². The molecule has 0 saturated carbocycles. The highest BCUT2D eigenvalue weighted by molar-refractivity contribution is 5.69. The predicted octanol–water partition coefficient (Wildman–Crippen LogP) is 5.62. The maximum atomic E-state index is 12.3. The Hall–Kier alpha value is -3.25. The van der Waals surface area contributed by atoms with Gasteiger partial charge >= 0.3 is 6.09 Å². The van der Waals surface area contributed by atoms with Crippen LogP contribution in [0.1, 0.15) is 37.8 Å². The highest BCUT2D eigenvalue weighted by atomic mass is 19.1.